The Kier molecular flexibility index (Phi) is 4.21. The summed E-state index contributed by atoms with van der Waals surface area (Å²) in [6, 6.07) is 12.6. The topological polar surface area (TPSA) is 12.0 Å². The molecule has 0 bridgehead atoms. The van der Waals surface area contributed by atoms with Gasteiger partial charge in [-0.05, 0) is 30.4 Å². The molecule has 0 aromatic heterocycles. The average Bonchev–Trinajstić information content (AvgIpc) is 2.37. The van der Waals surface area contributed by atoms with Crippen molar-refractivity contribution in [3.63, 3.8) is 0 Å². The van der Waals surface area contributed by atoms with Crippen molar-refractivity contribution in [2.45, 2.75) is 12.8 Å². The summed E-state index contributed by atoms with van der Waals surface area (Å²) in [7, 11) is 0. The van der Waals surface area contributed by atoms with Crippen LogP contribution in [0, 0.1) is 0 Å². The number of hydrogen-bond donors (Lipinski definition) is 1. The maximum atomic E-state index is 3.73. The Morgan fingerprint density at radius 3 is 2.65 bits per heavy atom. The highest BCUT2D eigenvalue weighted by atomic mass is 79.9. The van der Waals surface area contributed by atoms with Crippen LogP contribution in [0.25, 0.3) is 10.8 Å². The fourth-order valence-corrected chi connectivity index (χ4v) is 2.36. The van der Waals surface area contributed by atoms with E-state index >= 15 is 0 Å². The Bertz CT molecular complexity index is 519. The maximum Gasteiger partial charge on any atom is 0.0420 e. The summed E-state index contributed by atoms with van der Waals surface area (Å²) in [6.07, 6.45) is 4.14. The molecule has 88 valence electrons. The normalized spacial score (nSPS) is 10.4. The highest BCUT2D eigenvalue weighted by molar-refractivity contribution is 9.10. The summed E-state index contributed by atoms with van der Waals surface area (Å²) in [5.41, 5.74) is 1.20. The number of hydrogen-bond acceptors (Lipinski definition) is 1. The largest absolute Gasteiger partial charge is 0.385 e. The molecule has 0 saturated heterocycles. The second-order valence-corrected chi connectivity index (χ2v) is 4.85. The molecule has 0 spiro atoms. The van der Waals surface area contributed by atoms with Gasteiger partial charge in [0.05, 0.1) is 0 Å². The molecule has 1 N–H and O–H groups in total. The molecule has 0 heterocycles. The minimum absolute atomic E-state index is 0.984. The van der Waals surface area contributed by atoms with Crippen LogP contribution in [0.2, 0.25) is 0 Å². The van der Waals surface area contributed by atoms with E-state index in [-0.39, 0.29) is 0 Å². The molecule has 2 rings (SSSR count). The first-order valence-corrected chi connectivity index (χ1v) is 6.64. The molecule has 0 aliphatic carbocycles. The average molecular weight is 290 g/mol. The minimum Gasteiger partial charge on any atom is -0.385 e. The van der Waals surface area contributed by atoms with Gasteiger partial charge in [-0.1, -0.05) is 46.3 Å². The second kappa shape index (κ2) is 5.87. The monoisotopic (exact) mass is 289 g/mol. The van der Waals surface area contributed by atoms with Gasteiger partial charge in [0.25, 0.3) is 0 Å². The SMILES string of the molecule is C=CCCCNc1ccc(Br)c2ccccc12. The molecule has 0 amide bonds. The molecular formula is C15H16BrN. The molecule has 2 aromatic rings. The van der Waals surface area contributed by atoms with E-state index in [2.05, 4.69) is 64.2 Å². The highest BCUT2D eigenvalue weighted by Gasteiger charge is 2.02. The minimum atomic E-state index is 0.984. The van der Waals surface area contributed by atoms with Gasteiger partial charge in [0.1, 0.15) is 0 Å². The van der Waals surface area contributed by atoms with Gasteiger partial charge in [0.15, 0.2) is 0 Å². The predicted molar refractivity (Wildman–Crippen MR) is 79.6 cm³/mol. The summed E-state index contributed by atoms with van der Waals surface area (Å²) in [6.45, 7) is 4.72. The zero-order chi connectivity index (χ0) is 12.1. The molecular weight excluding hydrogens is 274 g/mol. The van der Waals surface area contributed by atoms with E-state index in [1.165, 1.54) is 16.5 Å². The summed E-state index contributed by atoms with van der Waals surface area (Å²) in [4.78, 5) is 0. The van der Waals surface area contributed by atoms with Crippen molar-refractivity contribution in [2.75, 3.05) is 11.9 Å². The molecule has 0 aliphatic heterocycles. The molecule has 0 aliphatic rings. The van der Waals surface area contributed by atoms with Crippen molar-refractivity contribution in [2.24, 2.45) is 0 Å². The third kappa shape index (κ3) is 2.89. The van der Waals surface area contributed by atoms with Crippen LogP contribution in [0.4, 0.5) is 5.69 Å². The summed E-state index contributed by atoms with van der Waals surface area (Å²) >= 11 is 3.58. The van der Waals surface area contributed by atoms with Gasteiger partial charge >= 0.3 is 0 Å². The number of nitrogens with one attached hydrogen (secondary N) is 1. The number of allylic oxidation sites excluding steroid dienone is 1. The van der Waals surface area contributed by atoms with E-state index in [9.17, 15) is 0 Å². The maximum absolute atomic E-state index is 3.73. The van der Waals surface area contributed by atoms with Crippen molar-refractivity contribution in [3.8, 4) is 0 Å². The van der Waals surface area contributed by atoms with Gasteiger partial charge in [0, 0.05) is 22.1 Å². The van der Waals surface area contributed by atoms with Gasteiger partial charge in [-0.25, -0.2) is 0 Å². The standard InChI is InChI=1S/C15H16BrN/c1-2-3-6-11-17-15-10-9-14(16)12-7-4-5-8-13(12)15/h2,4-5,7-10,17H,1,3,6,11H2. The fourth-order valence-electron chi connectivity index (χ4n) is 1.89. The van der Waals surface area contributed by atoms with Gasteiger partial charge < -0.3 is 5.32 Å². The van der Waals surface area contributed by atoms with E-state index in [0.29, 0.717) is 0 Å². The fraction of sp³-hybridized carbons (Fsp3) is 0.200. The van der Waals surface area contributed by atoms with Crippen LogP contribution in [0.5, 0.6) is 0 Å². The Morgan fingerprint density at radius 2 is 1.88 bits per heavy atom. The molecule has 17 heavy (non-hydrogen) atoms. The number of anilines is 1. The Morgan fingerprint density at radius 1 is 1.12 bits per heavy atom. The van der Waals surface area contributed by atoms with Gasteiger partial charge in [-0.15, -0.1) is 6.58 Å². The van der Waals surface area contributed by atoms with Crippen LogP contribution in [0.1, 0.15) is 12.8 Å². The van der Waals surface area contributed by atoms with E-state index < -0.39 is 0 Å². The smallest absolute Gasteiger partial charge is 0.0420 e. The molecule has 0 saturated carbocycles. The Hall–Kier alpha value is -1.28. The molecule has 2 aromatic carbocycles. The van der Waals surface area contributed by atoms with Gasteiger partial charge in [0.2, 0.25) is 0 Å². The molecule has 0 fully saturated rings. The first-order chi connectivity index (χ1) is 8.33. The van der Waals surface area contributed by atoms with E-state index in [4.69, 9.17) is 0 Å². The van der Waals surface area contributed by atoms with Crippen LogP contribution in [0.15, 0.2) is 53.5 Å². The Labute approximate surface area is 111 Å². The molecule has 0 unspecified atom stereocenters. The lowest BCUT2D eigenvalue weighted by Crippen LogP contribution is -2.01. The van der Waals surface area contributed by atoms with Crippen molar-refractivity contribution in [3.05, 3.63) is 53.5 Å². The molecule has 0 atom stereocenters. The zero-order valence-electron chi connectivity index (χ0n) is 9.75. The van der Waals surface area contributed by atoms with E-state index in [1.807, 2.05) is 6.08 Å². The number of benzene rings is 2. The third-order valence-corrected chi connectivity index (χ3v) is 3.46. The lowest BCUT2D eigenvalue weighted by atomic mass is 10.1. The third-order valence-electron chi connectivity index (χ3n) is 2.77. The van der Waals surface area contributed by atoms with Gasteiger partial charge in [-0.2, -0.15) is 0 Å². The lowest BCUT2D eigenvalue weighted by Gasteiger charge is -2.10. The summed E-state index contributed by atoms with van der Waals surface area (Å²) in [5.74, 6) is 0. The second-order valence-electron chi connectivity index (χ2n) is 4.00. The first-order valence-electron chi connectivity index (χ1n) is 5.85. The van der Waals surface area contributed by atoms with Crippen LogP contribution in [-0.4, -0.2) is 6.54 Å². The molecule has 0 radical (unpaired) electrons. The van der Waals surface area contributed by atoms with Crippen molar-refractivity contribution < 1.29 is 0 Å². The Balaban J connectivity index is 2.22. The first kappa shape index (κ1) is 12.2. The number of rotatable bonds is 5. The lowest BCUT2D eigenvalue weighted by molar-refractivity contribution is 0.892. The summed E-state index contributed by atoms with van der Waals surface area (Å²) in [5, 5.41) is 6.00. The zero-order valence-corrected chi connectivity index (χ0v) is 11.3. The van der Waals surface area contributed by atoms with Gasteiger partial charge in [-0.3, -0.25) is 0 Å². The number of unbranched alkanes of at least 4 members (excludes halogenated alkanes) is 1. The van der Waals surface area contributed by atoms with Crippen LogP contribution in [0.3, 0.4) is 0 Å². The van der Waals surface area contributed by atoms with E-state index in [0.717, 1.165) is 23.9 Å². The number of fused-ring (bicyclic) bond motifs is 1. The number of halogens is 1. The summed E-state index contributed by atoms with van der Waals surface area (Å²) < 4.78 is 1.14. The van der Waals surface area contributed by atoms with Crippen LogP contribution in [-0.2, 0) is 0 Å². The van der Waals surface area contributed by atoms with Crippen molar-refractivity contribution in [1.82, 2.24) is 0 Å². The molecule has 1 nitrogen and oxygen atoms in total. The quantitative estimate of drug-likeness (QED) is 0.605. The van der Waals surface area contributed by atoms with Crippen LogP contribution >= 0.6 is 15.9 Å². The predicted octanol–water partition coefficient (Wildman–Crippen LogP) is 4.98. The van der Waals surface area contributed by atoms with E-state index in [1.54, 1.807) is 0 Å². The van der Waals surface area contributed by atoms with Crippen molar-refractivity contribution in [1.29, 1.82) is 0 Å². The highest BCUT2D eigenvalue weighted by Crippen LogP contribution is 2.29. The molecule has 2 heteroatoms. The van der Waals surface area contributed by atoms with Crippen LogP contribution < -0.4 is 5.32 Å². The van der Waals surface area contributed by atoms with Crippen molar-refractivity contribution >= 4 is 32.4 Å².